The average molecular weight is 539 g/mol. The van der Waals surface area contributed by atoms with Crippen LogP contribution in [0.15, 0.2) is 96.4 Å². The van der Waals surface area contributed by atoms with Gasteiger partial charge >= 0.3 is 0 Å². The van der Waals surface area contributed by atoms with Crippen LogP contribution in [0.1, 0.15) is 27.7 Å². The van der Waals surface area contributed by atoms with Crippen molar-refractivity contribution < 1.29 is 19.1 Å². The van der Waals surface area contributed by atoms with Crippen LogP contribution in [0.3, 0.4) is 0 Å². The molecule has 0 aliphatic carbocycles. The summed E-state index contributed by atoms with van der Waals surface area (Å²) in [6.07, 6.45) is 0. The van der Waals surface area contributed by atoms with Crippen molar-refractivity contribution in [3.8, 4) is 11.5 Å². The van der Waals surface area contributed by atoms with Crippen molar-refractivity contribution in [2.24, 2.45) is 0 Å². The highest BCUT2D eigenvalue weighted by atomic mass is 32.1. The van der Waals surface area contributed by atoms with Crippen molar-refractivity contribution in [1.29, 1.82) is 0 Å². The summed E-state index contributed by atoms with van der Waals surface area (Å²) >= 11 is 1.07. The molecule has 9 heteroatoms. The SMILES string of the molecule is COc1cccc([C@@H](C(=O)NCc2ccccc2)N(C(=O)c2csnn2)c2cccc3ccccc23)c1OC. The molecule has 2 amide bonds. The number of methoxy groups -OCH3 is 2. The summed E-state index contributed by atoms with van der Waals surface area (Å²) < 4.78 is 15.2. The molecule has 196 valence electrons. The zero-order valence-corrected chi connectivity index (χ0v) is 22.2. The molecule has 0 aliphatic heterocycles. The fourth-order valence-corrected chi connectivity index (χ4v) is 5.00. The van der Waals surface area contributed by atoms with E-state index in [4.69, 9.17) is 9.47 Å². The number of nitrogens with zero attached hydrogens (tertiary/aromatic N) is 3. The van der Waals surface area contributed by atoms with Gasteiger partial charge in [0, 0.05) is 22.9 Å². The maximum absolute atomic E-state index is 14.2. The lowest BCUT2D eigenvalue weighted by Gasteiger charge is -2.32. The van der Waals surface area contributed by atoms with E-state index in [1.54, 1.807) is 23.6 Å². The van der Waals surface area contributed by atoms with E-state index in [0.717, 1.165) is 27.9 Å². The Hall–Kier alpha value is -4.76. The average Bonchev–Trinajstić information content (AvgIpc) is 3.53. The summed E-state index contributed by atoms with van der Waals surface area (Å²) in [7, 11) is 3.04. The number of para-hydroxylation sites is 1. The van der Waals surface area contributed by atoms with Gasteiger partial charge in [0.05, 0.1) is 19.9 Å². The number of hydrogen-bond donors (Lipinski definition) is 1. The minimum Gasteiger partial charge on any atom is -0.493 e. The van der Waals surface area contributed by atoms with Crippen LogP contribution in [0.25, 0.3) is 10.8 Å². The number of rotatable bonds is 9. The standard InChI is InChI=1S/C30H26N4O4S/c1-37-26-17-9-15-23(28(26)38-2)27(29(35)31-18-20-10-4-3-5-11-20)34(30(36)24-19-39-33-32-24)25-16-8-13-21-12-6-7-14-22(21)25/h3-17,19,27H,18H2,1-2H3,(H,31,35)/t27-/m0/s1. The van der Waals surface area contributed by atoms with Crippen molar-refractivity contribution in [3.05, 3.63) is 113 Å². The van der Waals surface area contributed by atoms with Crippen LogP contribution in [0.4, 0.5) is 5.69 Å². The Bertz CT molecular complexity index is 1590. The molecule has 0 bridgehead atoms. The minimum atomic E-state index is -1.13. The van der Waals surface area contributed by atoms with Gasteiger partial charge in [-0.25, -0.2) is 0 Å². The Kier molecular flexibility index (Phi) is 7.79. The van der Waals surface area contributed by atoms with Gasteiger partial charge in [0.1, 0.15) is 6.04 Å². The van der Waals surface area contributed by atoms with Gasteiger partial charge in [-0.2, -0.15) is 0 Å². The highest BCUT2D eigenvalue weighted by Gasteiger charge is 2.37. The molecule has 1 heterocycles. The number of nitrogens with one attached hydrogen (secondary N) is 1. The number of aromatic nitrogens is 2. The molecule has 39 heavy (non-hydrogen) atoms. The minimum absolute atomic E-state index is 0.135. The van der Waals surface area contributed by atoms with Gasteiger partial charge in [-0.1, -0.05) is 83.4 Å². The number of fused-ring (bicyclic) bond motifs is 1. The molecule has 0 spiro atoms. The van der Waals surface area contributed by atoms with Crippen LogP contribution in [0.5, 0.6) is 11.5 Å². The molecule has 0 saturated heterocycles. The van der Waals surface area contributed by atoms with Crippen molar-refractivity contribution >= 4 is 39.8 Å². The first-order valence-electron chi connectivity index (χ1n) is 12.2. The van der Waals surface area contributed by atoms with E-state index in [2.05, 4.69) is 14.9 Å². The Balaban J connectivity index is 1.72. The second kappa shape index (κ2) is 11.7. The Labute approximate surface area is 230 Å². The van der Waals surface area contributed by atoms with Crippen LogP contribution in [-0.2, 0) is 11.3 Å². The topological polar surface area (TPSA) is 93.7 Å². The maximum Gasteiger partial charge on any atom is 0.280 e. The van der Waals surface area contributed by atoms with Crippen molar-refractivity contribution in [3.63, 3.8) is 0 Å². The summed E-state index contributed by atoms with van der Waals surface area (Å²) in [6, 6.07) is 27.1. The summed E-state index contributed by atoms with van der Waals surface area (Å²) in [6.45, 7) is 0.276. The summed E-state index contributed by atoms with van der Waals surface area (Å²) in [5.74, 6) is -0.0643. The van der Waals surface area contributed by atoms with Crippen LogP contribution >= 0.6 is 11.5 Å². The first-order chi connectivity index (χ1) is 19.1. The lowest BCUT2D eigenvalue weighted by atomic mass is 9.99. The van der Waals surface area contributed by atoms with Crippen LogP contribution < -0.4 is 19.7 Å². The fourth-order valence-electron chi connectivity index (χ4n) is 4.57. The lowest BCUT2D eigenvalue weighted by molar-refractivity contribution is -0.122. The molecule has 4 aromatic carbocycles. The molecular weight excluding hydrogens is 512 g/mol. The van der Waals surface area contributed by atoms with Crippen molar-refractivity contribution in [1.82, 2.24) is 14.9 Å². The highest BCUT2D eigenvalue weighted by molar-refractivity contribution is 7.03. The predicted molar refractivity (Wildman–Crippen MR) is 151 cm³/mol. The molecule has 0 saturated carbocycles. The van der Waals surface area contributed by atoms with E-state index in [1.807, 2.05) is 72.8 Å². The molecule has 5 aromatic rings. The normalized spacial score (nSPS) is 11.5. The van der Waals surface area contributed by atoms with E-state index in [0.29, 0.717) is 22.7 Å². The number of hydrogen-bond acceptors (Lipinski definition) is 7. The molecule has 0 aliphatic rings. The highest BCUT2D eigenvalue weighted by Crippen LogP contribution is 2.41. The molecule has 0 radical (unpaired) electrons. The molecule has 1 aromatic heterocycles. The molecule has 0 fully saturated rings. The van der Waals surface area contributed by atoms with Gasteiger partial charge < -0.3 is 14.8 Å². The number of anilines is 1. The third-order valence-corrected chi connectivity index (χ3v) is 6.87. The van der Waals surface area contributed by atoms with Gasteiger partial charge in [0.15, 0.2) is 17.2 Å². The third-order valence-electron chi connectivity index (χ3n) is 6.37. The largest absolute Gasteiger partial charge is 0.493 e. The second-order valence-corrected chi connectivity index (χ2v) is 9.26. The quantitative estimate of drug-likeness (QED) is 0.270. The Morgan fingerprint density at radius 3 is 2.38 bits per heavy atom. The maximum atomic E-state index is 14.2. The molecule has 1 N–H and O–H groups in total. The molecule has 5 rings (SSSR count). The van der Waals surface area contributed by atoms with E-state index < -0.39 is 17.9 Å². The van der Waals surface area contributed by atoms with E-state index in [1.165, 1.54) is 19.1 Å². The third kappa shape index (κ3) is 5.30. The molecule has 0 unspecified atom stereocenters. The van der Waals surface area contributed by atoms with Gasteiger partial charge in [-0.3, -0.25) is 14.5 Å². The molecule has 8 nitrogen and oxygen atoms in total. The van der Waals surface area contributed by atoms with Crippen LogP contribution in [0, 0.1) is 0 Å². The first kappa shape index (κ1) is 25.9. The van der Waals surface area contributed by atoms with E-state index >= 15 is 0 Å². The number of carbonyl (C=O) groups is 2. The molecule has 1 atom stereocenters. The fraction of sp³-hybridized carbons (Fsp3) is 0.133. The number of amides is 2. The predicted octanol–water partition coefficient (Wildman–Crippen LogP) is 5.41. The second-order valence-electron chi connectivity index (χ2n) is 8.65. The number of ether oxygens (including phenoxy) is 2. The van der Waals surface area contributed by atoms with E-state index in [9.17, 15) is 9.59 Å². The van der Waals surface area contributed by atoms with Gasteiger partial charge in [0.25, 0.3) is 5.91 Å². The monoisotopic (exact) mass is 538 g/mol. The van der Waals surface area contributed by atoms with Crippen LogP contribution in [0.2, 0.25) is 0 Å². The van der Waals surface area contributed by atoms with Gasteiger partial charge in [0.2, 0.25) is 5.91 Å². The number of carbonyl (C=O) groups excluding carboxylic acids is 2. The zero-order chi connectivity index (χ0) is 27.2. The lowest BCUT2D eigenvalue weighted by Crippen LogP contribution is -2.44. The van der Waals surface area contributed by atoms with Crippen LogP contribution in [-0.4, -0.2) is 35.6 Å². The zero-order valence-electron chi connectivity index (χ0n) is 21.4. The Morgan fingerprint density at radius 1 is 0.897 bits per heavy atom. The van der Waals surface area contributed by atoms with Crippen molar-refractivity contribution in [2.75, 3.05) is 19.1 Å². The number of benzene rings is 4. The van der Waals surface area contributed by atoms with E-state index in [-0.39, 0.29) is 12.2 Å². The smallest absolute Gasteiger partial charge is 0.280 e. The summed E-state index contributed by atoms with van der Waals surface area (Å²) in [5.41, 5.74) is 2.08. The Morgan fingerprint density at radius 2 is 1.64 bits per heavy atom. The summed E-state index contributed by atoms with van der Waals surface area (Å²) in [4.78, 5) is 29.8. The first-order valence-corrected chi connectivity index (χ1v) is 13.1. The molecular formula is C30H26N4O4S. The summed E-state index contributed by atoms with van der Waals surface area (Å²) in [5, 5.41) is 10.4. The van der Waals surface area contributed by atoms with Gasteiger partial charge in [-0.05, 0) is 34.6 Å². The van der Waals surface area contributed by atoms with Gasteiger partial charge in [-0.15, -0.1) is 5.10 Å². The van der Waals surface area contributed by atoms with Crippen molar-refractivity contribution in [2.45, 2.75) is 12.6 Å².